The lowest BCUT2D eigenvalue weighted by Gasteiger charge is -2.16. The van der Waals surface area contributed by atoms with E-state index in [2.05, 4.69) is 25.7 Å². The van der Waals surface area contributed by atoms with Crippen LogP contribution in [0.1, 0.15) is 45.8 Å². The summed E-state index contributed by atoms with van der Waals surface area (Å²) in [6.07, 6.45) is 3.07. The van der Waals surface area contributed by atoms with Crippen LogP contribution in [-0.4, -0.2) is 38.9 Å². The van der Waals surface area contributed by atoms with Crippen molar-refractivity contribution in [3.63, 3.8) is 0 Å². The van der Waals surface area contributed by atoms with Crippen molar-refractivity contribution >= 4 is 33.1 Å². The number of nitrogens with two attached hydrogens (primary N) is 2. The molecular weight excluding hydrogens is 556 g/mol. The molecule has 212 valence electrons. The van der Waals surface area contributed by atoms with Crippen LogP contribution in [0.15, 0.2) is 72.0 Å². The third kappa shape index (κ3) is 5.87. The second-order valence-electron chi connectivity index (χ2n) is 9.58. The number of nitrogens with one attached hydrogen (secondary N) is 2. The van der Waals surface area contributed by atoms with Crippen LogP contribution >= 0.6 is 0 Å². The summed E-state index contributed by atoms with van der Waals surface area (Å²) in [5, 5.41) is 25.3. The summed E-state index contributed by atoms with van der Waals surface area (Å²) in [6, 6.07) is 16.7. The molecule has 3 heterocycles. The number of nitrogens with zero attached hydrogens (tertiary/aromatic N) is 6. The van der Waals surface area contributed by atoms with Gasteiger partial charge < -0.3 is 16.4 Å². The van der Waals surface area contributed by atoms with E-state index in [9.17, 15) is 18.5 Å². The number of nitrogen functional groups attached to an aromatic ring is 1. The highest BCUT2D eigenvalue weighted by atomic mass is 32.2. The highest BCUT2D eigenvalue weighted by molar-refractivity contribution is 7.89. The molecule has 0 spiro atoms. The number of carbonyl (C=O) groups excluding carboxylic acids is 1. The van der Waals surface area contributed by atoms with E-state index in [0.717, 1.165) is 11.1 Å². The van der Waals surface area contributed by atoms with Gasteiger partial charge in [0.1, 0.15) is 29.6 Å². The van der Waals surface area contributed by atoms with Gasteiger partial charge in [-0.05, 0) is 67.4 Å². The number of amides is 1. The van der Waals surface area contributed by atoms with Crippen molar-refractivity contribution in [2.45, 2.75) is 31.3 Å². The molecule has 0 bridgehead atoms. The zero-order valence-electron chi connectivity index (χ0n) is 22.6. The number of carbonyl (C=O) groups is 1. The first-order chi connectivity index (χ1) is 20.0. The van der Waals surface area contributed by atoms with Crippen molar-refractivity contribution in [2.24, 2.45) is 5.14 Å². The number of anilines is 2. The number of benzene rings is 2. The maximum Gasteiger partial charge on any atom is 0.251 e. The molecule has 0 saturated carbocycles. The molecule has 2 aromatic carbocycles. The summed E-state index contributed by atoms with van der Waals surface area (Å²) < 4.78 is 24.7. The fourth-order valence-electron chi connectivity index (χ4n) is 4.37. The maximum absolute atomic E-state index is 13.1. The van der Waals surface area contributed by atoms with Crippen LogP contribution in [0.25, 0.3) is 16.8 Å². The predicted octanol–water partition coefficient (Wildman–Crippen LogP) is 2.70. The van der Waals surface area contributed by atoms with Crippen LogP contribution < -0.4 is 21.5 Å². The Hall–Kier alpha value is -5.39. The van der Waals surface area contributed by atoms with Gasteiger partial charge in [0.2, 0.25) is 10.0 Å². The highest BCUT2D eigenvalue weighted by Crippen LogP contribution is 2.28. The van der Waals surface area contributed by atoms with Gasteiger partial charge in [-0.1, -0.05) is 12.1 Å². The van der Waals surface area contributed by atoms with Crippen LogP contribution in [0.3, 0.4) is 0 Å². The molecule has 1 amide bonds. The third-order valence-corrected chi connectivity index (χ3v) is 7.38. The molecule has 13 nitrogen and oxygen atoms in total. The predicted molar refractivity (Wildman–Crippen MR) is 155 cm³/mol. The first-order valence-corrected chi connectivity index (χ1v) is 14.2. The van der Waals surface area contributed by atoms with Crippen molar-refractivity contribution < 1.29 is 13.2 Å². The SMILES string of the molecule is Cc1cc(C(=O)NCc2ccc(S(N)(=O)=O)cc2)cc(-c2nc([C@H](C)Nc3ncnc(N)c3C#N)nn3cccc23)c1. The van der Waals surface area contributed by atoms with Crippen LogP contribution in [0.4, 0.5) is 11.6 Å². The van der Waals surface area contributed by atoms with E-state index in [-0.39, 0.29) is 34.5 Å². The number of rotatable bonds is 8. The number of fused-ring (bicyclic) bond motifs is 1. The molecule has 0 aliphatic heterocycles. The quantitative estimate of drug-likeness (QED) is 0.210. The summed E-state index contributed by atoms with van der Waals surface area (Å²) in [7, 11) is -3.80. The Morgan fingerprint density at radius 1 is 1.14 bits per heavy atom. The van der Waals surface area contributed by atoms with Gasteiger partial charge in [-0.3, -0.25) is 4.79 Å². The Kier molecular flexibility index (Phi) is 7.53. The molecule has 5 rings (SSSR count). The lowest BCUT2D eigenvalue weighted by atomic mass is 10.0. The molecule has 0 saturated heterocycles. The standard InChI is InChI=1S/C28H26N10O3S/c1-16-10-19(12-20(11-16)28(39)32-14-18-5-7-21(8-6-18)42(31,40)41)24-23-4-3-9-38(23)37-26(36-24)17(2)35-27-22(13-29)25(30)33-15-34-27/h3-12,15,17H,14H2,1-2H3,(H,32,39)(H2,31,40,41)(H3,30,33,34,35)/t17-/m0/s1. The van der Waals surface area contributed by atoms with Gasteiger partial charge in [-0.15, -0.1) is 0 Å². The summed E-state index contributed by atoms with van der Waals surface area (Å²) in [5.41, 5.74) is 10.00. The van der Waals surface area contributed by atoms with E-state index in [1.165, 1.54) is 18.5 Å². The number of aromatic nitrogens is 5. The zero-order chi connectivity index (χ0) is 30.0. The third-order valence-electron chi connectivity index (χ3n) is 6.45. The van der Waals surface area contributed by atoms with Crippen LogP contribution in [0, 0.1) is 18.3 Å². The summed E-state index contributed by atoms with van der Waals surface area (Å²) in [5.74, 6) is 0.446. The molecule has 6 N–H and O–H groups in total. The topological polar surface area (TPSA) is 207 Å². The van der Waals surface area contributed by atoms with E-state index < -0.39 is 16.1 Å². The number of hydrogen-bond donors (Lipinski definition) is 4. The minimum Gasteiger partial charge on any atom is -0.382 e. The van der Waals surface area contributed by atoms with Gasteiger partial charge in [-0.2, -0.15) is 10.4 Å². The lowest BCUT2D eigenvalue weighted by Crippen LogP contribution is -2.23. The largest absolute Gasteiger partial charge is 0.382 e. The summed E-state index contributed by atoms with van der Waals surface area (Å²) in [6.45, 7) is 3.91. The van der Waals surface area contributed by atoms with Gasteiger partial charge in [0.15, 0.2) is 5.82 Å². The second kappa shape index (κ2) is 11.2. The molecule has 0 aliphatic carbocycles. The Bertz CT molecular complexity index is 1960. The number of aryl methyl sites for hydroxylation is 1. The molecule has 0 aliphatic rings. The van der Waals surface area contributed by atoms with Gasteiger partial charge in [0.05, 0.1) is 22.1 Å². The Labute approximate surface area is 241 Å². The molecular formula is C28H26N10O3S. The second-order valence-corrected chi connectivity index (χ2v) is 11.1. The lowest BCUT2D eigenvalue weighted by molar-refractivity contribution is 0.0951. The average molecular weight is 583 g/mol. The van der Waals surface area contributed by atoms with Gasteiger partial charge in [0, 0.05) is 23.9 Å². The van der Waals surface area contributed by atoms with E-state index in [4.69, 9.17) is 15.9 Å². The van der Waals surface area contributed by atoms with Crippen molar-refractivity contribution in [1.29, 1.82) is 5.26 Å². The molecule has 3 aromatic heterocycles. The maximum atomic E-state index is 13.1. The molecule has 5 aromatic rings. The smallest absolute Gasteiger partial charge is 0.251 e. The van der Waals surface area contributed by atoms with Crippen molar-refractivity contribution in [2.75, 3.05) is 11.1 Å². The number of primary sulfonamides is 1. The summed E-state index contributed by atoms with van der Waals surface area (Å²) >= 11 is 0. The molecule has 42 heavy (non-hydrogen) atoms. The normalized spacial score (nSPS) is 12.0. The average Bonchev–Trinajstić information content (AvgIpc) is 3.44. The fourth-order valence-corrected chi connectivity index (χ4v) is 4.88. The Morgan fingerprint density at radius 3 is 2.62 bits per heavy atom. The number of nitriles is 1. The number of hydrogen-bond acceptors (Lipinski definition) is 10. The molecule has 0 fully saturated rings. The molecule has 14 heteroatoms. The van der Waals surface area contributed by atoms with E-state index >= 15 is 0 Å². The summed E-state index contributed by atoms with van der Waals surface area (Å²) in [4.78, 5) is 26.0. The minimum absolute atomic E-state index is 0.00184. The van der Waals surface area contributed by atoms with Crippen LogP contribution in [0.5, 0.6) is 0 Å². The van der Waals surface area contributed by atoms with Gasteiger partial charge in [0.25, 0.3) is 5.91 Å². The molecule has 1 atom stereocenters. The van der Waals surface area contributed by atoms with Crippen LogP contribution in [-0.2, 0) is 16.6 Å². The minimum atomic E-state index is -3.80. The van der Waals surface area contributed by atoms with Crippen molar-refractivity contribution in [3.8, 4) is 17.3 Å². The van der Waals surface area contributed by atoms with E-state index in [1.54, 1.807) is 35.0 Å². The molecule has 0 radical (unpaired) electrons. The van der Waals surface area contributed by atoms with Crippen molar-refractivity contribution in [1.82, 2.24) is 29.9 Å². The fraction of sp³-hybridized carbons (Fsp3) is 0.143. The first-order valence-electron chi connectivity index (χ1n) is 12.7. The van der Waals surface area contributed by atoms with E-state index in [1.807, 2.05) is 38.1 Å². The van der Waals surface area contributed by atoms with Gasteiger partial charge in [-0.25, -0.2) is 33.0 Å². The van der Waals surface area contributed by atoms with E-state index in [0.29, 0.717) is 28.2 Å². The van der Waals surface area contributed by atoms with Crippen LogP contribution in [0.2, 0.25) is 0 Å². The van der Waals surface area contributed by atoms with Gasteiger partial charge >= 0.3 is 0 Å². The zero-order valence-corrected chi connectivity index (χ0v) is 23.4. The monoisotopic (exact) mass is 582 g/mol. The highest BCUT2D eigenvalue weighted by Gasteiger charge is 2.19. The molecule has 0 unspecified atom stereocenters. The van der Waals surface area contributed by atoms with Crippen molar-refractivity contribution in [3.05, 3.63) is 95.2 Å². The number of sulfonamides is 1. The first kappa shape index (κ1) is 28.1. The Morgan fingerprint density at radius 2 is 1.90 bits per heavy atom. The Balaban J connectivity index is 1.43.